The summed E-state index contributed by atoms with van der Waals surface area (Å²) >= 11 is 0. The average Bonchev–Trinajstić information content (AvgIpc) is 3.27. The Morgan fingerprint density at radius 3 is 0.574 bits per heavy atom. The molecule has 54 heavy (non-hydrogen) atoms. The third-order valence-electron chi connectivity index (χ3n) is 9.32. The summed E-state index contributed by atoms with van der Waals surface area (Å²) in [6.07, 6.45) is 0. The summed E-state index contributed by atoms with van der Waals surface area (Å²) in [7, 11) is -2.43. The van der Waals surface area contributed by atoms with Gasteiger partial charge in [0.05, 0.1) is 29.6 Å². The van der Waals surface area contributed by atoms with Crippen molar-refractivity contribution < 1.29 is 0 Å². The third-order valence-corrected chi connectivity index (χ3v) is 27.6. The third kappa shape index (κ3) is 7.17. The van der Waals surface area contributed by atoms with E-state index in [-0.39, 0.29) is 0 Å². The Morgan fingerprint density at radius 1 is 0.222 bits per heavy atom. The van der Waals surface area contributed by atoms with Crippen molar-refractivity contribution in [2.75, 3.05) is 0 Å². The molecule has 0 spiro atoms. The van der Waals surface area contributed by atoms with Gasteiger partial charge in [-0.05, 0) is 0 Å². The van der Waals surface area contributed by atoms with Crippen LogP contribution in [0.25, 0.3) is 0 Å². The van der Waals surface area contributed by atoms with Crippen LogP contribution in [0.5, 0.6) is 0 Å². The summed E-state index contributed by atoms with van der Waals surface area (Å²) in [5.41, 5.74) is 0. The van der Waals surface area contributed by atoms with Gasteiger partial charge in [-0.1, -0.05) is 243 Å². The van der Waals surface area contributed by atoms with Crippen molar-refractivity contribution in [1.82, 2.24) is 0 Å². The van der Waals surface area contributed by atoms with Gasteiger partial charge in [-0.15, -0.1) is 0 Å². The maximum atomic E-state index is 6.60. The van der Waals surface area contributed by atoms with Gasteiger partial charge in [0.1, 0.15) is 0 Å². The first kappa shape index (κ1) is 36.1. The van der Waals surface area contributed by atoms with E-state index in [1.807, 2.05) is 0 Å². The zero-order valence-electron chi connectivity index (χ0n) is 29.8. The standard InChI is InChI=1S/C48H40N2P4/c1-9-25-41(26-10-1)51(42-27-11-2-12-28-42)49-53(45-33-17-5-18-34-45,46-35-19-6-20-36-46)54(47-37-21-7-22-38-47,48-39-23-8-24-40-48)50-52(43-29-13-3-14-30-43)44-31-15-4-16-32-44/h1-40H. The molecule has 0 unspecified atom stereocenters. The largest absolute Gasteiger partial charge is 0.255 e. The highest BCUT2D eigenvalue weighted by Gasteiger charge is 2.46. The average molecular weight is 769 g/mol. The number of benzene rings is 8. The van der Waals surface area contributed by atoms with Gasteiger partial charge in [0.2, 0.25) is 0 Å². The zero-order valence-corrected chi connectivity index (χ0v) is 33.4. The molecule has 0 aromatic heterocycles. The molecule has 0 amide bonds. The molecule has 0 aliphatic rings. The van der Waals surface area contributed by atoms with Crippen LogP contribution in [0.1, 0.15) is 0 Å². The van der Waals surface area contributed by atoms with Crippen LogP contribution in [0.2, 0.25) is 0 Å². The lowest BCUT2D eigenvalue weighted by molar-refractivity contribution is 1.71. The lowest BCUT2D eigenvalue weighted by atomic mass is 10.4. The van der Waals surface area contributed by atoms with Crippen LogP contribution >= 0.6 is 29.6 Å². The Bertz CT molecular complexity index is 2140. The van der Waals surface area contributed by atoms with E-state index in [1.165, 1.54) is 42.4 Å². The van der Waals surface area contributed by atoms with E-state index in [0.717, 1.165) is 0 Å². The minimum absolute atomic E-state index is 1.22. The molecule has 0 atom stereocenters. The Kier molecular flexibility index (Phi) is 11.4. The van der Waals surface area contributed by atoms with Gasteiger partial charge >= 0.3 is 0 Å². The number of hydrogen-bond acceptors (Lipinski definition) is 2. The quantitative estimate of drug-likeness (QED) is 0.117. The normalized spacial score (nSPS) is 11.7. The van der Waals surface area contributed by atoms with E-state index in [2.05, 4.69) is 243 Å². The van der Waals surface area contributed by atoms with Gasteiger partial charge in [0.25, 0.3) is 0 Å². The second-order valence-electron chi connectivity index (χ2n) is 12.7. The van der Waals surface area contributed by atoms with E-state index < -0.39 is 29.6 Å². The summed E-state index contributed by atoms with van der Waals surface area (Å²) in [4.78, 5) is 0. The minimum Gasteiger partial charge on any atom is -0.255 e. The highest BCUT2D eigenvalue weighted by atomic mass is 32.1. The van der Waals surface area contributed by atoms with Crippen molar-refractivity contribution in [3.05, 3.63) is 243 Å². The lowest BCUT2D eigenvalue weighted by Crippen LogP contribution is -2.27. The second-order valence-corrected chi connectivity index (χ2v) is 25.4. The molecule has 0 heterocycles. The van der Waals surface area contributed by atoms with Gasteiger partial charge in [-0.25, -0.2) is 0 Å². The maximum Gasteiger partial charge on any atom is 0.0776 e. The fourth-order valence-electron chi connectivity index (χ4n) is 6.87. The lowest BCUT2D eigenvalue weighted by Gasteiger charge is -2.42. The van der Waals surface area contributed by atoms with Crippen LogP contribution in [-0.2, 0) is 0 Å². The Hall–Kier alpha value is -4.92. The predicted octanol–water partition coefficient (Wildman–Crippen LogP) is 10.7. The molecule has 8 rings (SSSR count). The van der Waals surface area contributed by atoms with Crippen molar-refractivity contribution in [3.63, 3.8) is 0 Å². The first-order valence-electron chi connectivity index (χ1n) is 18.1. The Labute approximate surface area is 322 Å². The van der Waals surface area contributed by atoms with Gasteiger partial charge in [0, 0.05) is 42.4 Å². The van der Waals surface area contributed by atoms with E-state index in [0.29, 0.717) is 0 Å². The van der Waals surface area contributed by atoms with E-state index >= 15 is 0 Å². The molecule has 0 N–H and O–H groups in total. The Morgan fingerprint density at radius 2 is 0.389 bits per heavy atom. The number of rotatable bonds is 11. The van der Waals surface area contributed by atoms with Crippen LogP contribution < -0.4 is 42.4 Å². The molecule has 0 saturated carbocycles. The number of hydrogen-bond donors (Lipinski definition) is 0. The highest BCUT2D eigenvalue weighted by molar-refractivity contribution is 8.50. The van der Waals surface area contributed by atoms with Crippen LogP contribution in [0.15, 0.2) is 252 Å². The molecule has 8 aromatic carbocycles. The number of nitrogens with zero attached hydrogens (tertiary/aromatic N) is 2. The van der Waals surface area contributed by atoms with Gasteiger partial charge < -0.3 is 0 Å². The first-order chi connectivity index (χ1) is 26.8. The van der Waals surface area contributed by atoms with Crippen LogP contribution in [0.3, 0.4) is 0 Å². The fourth-order valence-corrected chi connectivity index (χ4v) is 29.0. The summed E-state index contributed by atoms with van der Waals surface area (Å²) in [5.74, 6) is 0. The van der Waals surface area contributed by atoms with Crippen molar-refractivity contribution >= 4 is 72.1 Å². The fraction of sp³-hybridized carbons (Fsp3) is 0. The zero-order chi connectivity index (χ0) is 36.5. The summed E-state index contributed by atoms with van der Waals surface area (Å²) in [5, 5.41) is 9.83. The Balaban J connectivity index is 1.67. The van der Waals surface area contributed by atoms with Crippen molar-refractivity contribution in [2.24, 2.45) is 9.03 Å². The van der Waals surface area contributed by atoms with Crippen molar-refractivity contribution in [3.8, 4) is 0 Å². The van der Waals surface area contributed by atoms with Gasteiger partial charge in [-0.3, -0.25) is 9.03 Å². The molecule has 262 valence electrons. The van der Waals surface area contributed by atoms with E-state index in [1.54, 1.807) is 0 Å². The molecule has 0 bridgehead atoms. The van der Waals surface area contributed by atoms with E-state index in [4.69, 9.17) is 9.03 Å². The second kappa shape index (κ2) is 17.0. The summed E-state index contributed by atoms with van der Waals surface area (Å²) in [6.45, 7) is -5.91. The summed E-state index contributed by atoms with van der Waals surface area (Å²) in [6, 6.07) is 88.4. The molecular weight excluding hydrogens is 728 g/mol. The van der Waals surface area contributed by atoms with E-state index in [9.17, 15) is 0 Å². The van der Waals surface area contributed by atoms with Crippen LogP contribution in [0.4, 0.5) is 0 Å². The molecule has 0 aliphatic carbocycles. The summed E-state index contributed by atoms with van der Waals surface area (Å²) < 4.78 is 13.2. The molecule has 0 radical (unpaired) electrons. The molecule has 0 aliphatic heterocycles. The topological polar surface area (TPSA) is 24.7 Å². The monoisotopic (exact) mass is 768 g/mol. The van der Waals surface area contributed by atoms with Crippen molar-refractivity contribution in [2.45, 2.75) is 0 Å². The molecule has 0 fully saturated rings. The molecular formula is C48H40N2P4. The SMILES string of the molecule is c1ccc(P(N=P(c2ccccc2)(c2ccccc2)P(=NP(c2ccccc2)c2ccccc2)(c2ccccc2)c2ccccc2)c2ccccc2)cc1. The smallest absolute Gasteiger partial charge is 0.0776 e. The molecule has 2 nitrogen and oxygen atoms in total. The van der Waals surface area contributed by atoms with Crippen LogP contribution in [0, 0.1) is 0 Å². The highest BCUT2D eigenvalue weighted by Crippen LogP contribution is 2.85. The van der Waals surface area contributed by atoms with Gasteiger partial charge in [0.15, 0.2) is 0 Å². The van der Waals surface area contributed by atoms with Crippen molar-refractivity contribution in [1.29, 1.82) is 0 Å². The molecule has 6 heteroatoms. The van der Waals surface area contributed by atoms with Gasteiger partial charge in [-0.2, -0.15) is 0 Å². The maximum absolute atomic E-state index is 6.60. The first-order valence-corrected chi connectivity index (χ1v) is 24.9. The predicted molar refractivity (Wildman–Crippen MR) is 241 cm³/mol. The van der Waals surface area contributed by atoms with Crippen LogP contribution in [-0.4, -0.2) is 0 Å². The molecule has 0 saturated heterocycles. The molecule has 8 aromatic rings. The minimum atomic E-state index is -2.95.